The first-order valence-corrected chi connectivity index (χ1v) is 14.2. The van der Waals surface area contributed by atoms with Crippen molar-refractivity contribution in [2.24, 2.45) is 5.92 Å². The molecule has 41 heavy (non-hydrogen) atoms. The van der Waals surface area contributed by atoms with E-state index in [9.17, 15) is 18.7 Å². The molecule has 0 bridgehead atoms. The fraction of sp³-hybridized carbons (Fsp3) is 0.483. The lowest BCUT2D eigenvalue weighted by molar-refractivity contribution is 0.0681. The maximum Gasteiger partial charge on any atom is 0.339 e. The monoisotopic (exact) mass is 608 g/mol. The molecule has 0 spiro atoms. The lowest BCUT2D eigenvalue weighted by Gasteiger charge is -2.36. The van der Waals surface area contributed by atoms with Crippen molar-refractivity contribution in [3.8, 4) is 11.1 Å². The number of carboxylic acid groups (broad SMARTS) is 1. The Morgan fingerprint density at radius 1 is 1.07 bits per heavy atom. The predicted molar refractivity (Wildman–Crippen MR) is 160 cm³/mol. The molecule has 1 unspecified atom stereocenters. The molecule has 8 nitrogen and oxygen atoms in total. The highest BCUT2D eigenvalue weighted by Crippen LogP contribution is 2.38. The summed E-state index contributed by atoms with van der Waals surface area (Å²) in [6.45, 7) is 10.7. The van der Waals surface area contributed by atoms with Crippen LogP contribution in [0.15, 0.2) is 42.7 Å². The van der Waals surface area contributed by atoms with E-state index in [1.54, 1.807) is 0 Å². The normalized spacial score (nSPS) is 18.2. The van der Waals surface area contributed by atoms with Crippen LogP contribution >= 0.6 is 24.0 Å². The minimum atomic E-state index is -2.94. The zero-order chi connectivity index (χ0) is 28.4. The fourth-order valence-corrected chi connectivity index (χ4v) is 6.00. The molecule has 0 saturated carbocycles. The fourth-order valence-electron chi connectivity index (χ4n) is 5.84. The number of benzene rings is 1. The number of carboxylic acids is 1. The summed E-state index contributed by atoms with van der Waals surface area (Å²) in [7, 11) is 0. The van der Waals surface area contributed by atoms with Gasteiger partial charge in [-0.1, -0.05) is 31.5 Å². The van der Waals surface area contributed by atoms with E-state index < -0.39 is 29.7 Å². The number of piperidine rings is 1. The zero-order valence-electron chi connectivity index (χ0n) is 23.2. The molecule has 1 atom stereocenters. The SMILES string of the molecule is CC(C)CN1CCN(c2ccc(-c3ccc(Cl)cc3N3CCCC(n4ncc(C(=O)O)c4C(F)F)C3)cn2)CC1.Cl. The van der Waals surface area contributed by atoms with Crippen LogP contribution < -0.4 is 9.80 Å². The van der Waals surface area contributed by atoms with Crippen LogP contribution in [0.2, 0.25) is 5.02 Å². The molecule has 2 aromatic heterocycles. The number of aromatic nitrogens is 3. The summed E-state index contributed by atoms with van der Waals surface area (Å²) in [6.07, 6.45) is 1.32. The Hall–Kier alpha value is -2.95. The topological polar surface area (TPSA) is 77.7 Å². The van der Waals surface area contributed by atoms with Crippen molar-refractivity contribution in [3.63, 3.8) is 0 Å². The standard InChI is InChI=1S/C29H35ClF2N6O2.ClH/c1-19(2)17-35-10-12-36(13-11-35)26-8-5-20(15-33-26)23-7-6-21(30)14-25(23)37-9-3-4-22(18-37)38-27(28(31)32)24(16-34-38)29(39)40;/h5-8,14-16,19,22,28H,3-4,9-13,17-18H2,1-2H3,(H,39,40);1H. The highest BCUT2D eigenvalue weighted by molar-refractivity contribution is 6.31. The highest BCUT2D eigenvalue weighted by atomic mass is 35.5. The third kappa shape index (κ3) is 6.93. The lowest BCUT2D eigenvalue weighted by atomic mass is 10.00. The largest absolute Gasteiger partial charge is 0.478 e. The summed E-state index contributed by atoms with van der Waals surface area (Å²) in [5.74, 6) is 0.203. The maximum absolute atomic E-state index is 13.9. The number of hydrogen-bond donors (Lipinski definition) is 1. The molecule has 2 aliphatic rings. The van der Waals surface area contributed by atoms with Gasteiger partial charge in [0.25, 0.3) is 6.43 Å². The van der Waals surface area contributed by atoms with Gasteiger partial charge in [-0.25, -0.2) is 18.6 Å². The summed E-state index contributed by atoms with van der Waals surface area (Å²) >= 11 is 6.42. The van der Waals surface area contributed by atoms with Gasteiger partial charge in [-0.2, -0.15) is 5.10 Å². The van der Waals surface area contributed by atoms with Crippen LogP contribution in [-0.2, 0) is 0 Å². The van der Waals surface area contributed by atoms with Crippen molar-refractivity contribution < 1.29 is 18.7 Å². The number of anilines is 2. The van der Waals surface area contributed by atoms with Crippen LogP contribution in [0.25, 0.3) is 11.1 Å². The molecule has 0 amide bonds. The second-order valence-corrected chi connectivity index (χ2v) is 11.4. The van der Waals surface area contributed by atoms with E-state index in [1.165, 1.54) is 4.68 Å². The maximum atomic E-state index is 13.9. The molecule has 1 aromatic carbocycles. The molecule has 0 radical (unpaired) electrons. The number of rotatable bonds is 8. The van der Waals surface area contributed by atoms with Crippen LogP contribution in [0.1, 0.15) is 55.2 Å². The minimum absolute atomic E-state index is 0. The van der Waals surface area contributed by atoms with Gasteiger partial charge < -0.3 is 14.9 Å². The summed E-state index contributed by atoms with van der Waals surface area (Å²) in [6, 6.07) is 9.41. The molecule has 4 heterocycles. The Bertz CT molecular complexity index is 1330. The van der Waals surface area contributed by atoms with Gasteiger partial charge in [-0.15, -0.1) is 12.4 Å². The number of aromatic carboxylic acids is 1. The van der Waals surface area contributed by atoms with Crippen molar-refractivity contribution in [2.75, 3.05) is 55.6 Å². The third-order valence-corrected chi connectivity index (χ3v) is 7.93. The average molecular weight is 610 g/mol. The van der Waals surface area contributed by atoms with Crippen molar-refractivity contribution in [3.05, 3.63) is 59.0 Å². The molecule has 2 fully saturated rings. The number of hydrogen-bond acceptors (Lipinski definition) is 6. The van der Waals surface area contributed by atoms with Gasteiger partial charge >= 0.3 is 5.97 Å². The molecular weight excluding hydrogens is 573 g/mol. The predicted octanol–water partition coefficient (Wildman–Crippen LogP) is 6.28. The van der Waals surface area contributed by atoms with Crippen molar-refractivity contribution in [1.29, 1.82) is 0 Å². The van der Waals surface area contributed by atoms with Crippen LogP contribution in [-0.4, -0.2) is 76.6 Å². The first kappa shape index (κ1) is 31.0. The Balaban J connectivity index is 0.00000387. The smallest absolute Gasteiger partial charge is 0.339 e. The van der Waals surface area contributed by atoms with E-state index >= 15 is 0 Å². The summed E-state index contributed by atoms with van der Waals surface area (Å²) in [5, 5.41) is 14.0. The molecule has 2 saturated heterocycles. The number of piperazine rings is 1. The van der Waals surface area contributed by atoms with E-state index in [0.29, 0.717) is 30.5 Å². The van der Waals surface area contributed by atoms with Gasteiger partial charge in [0.15, 0.2) is 0 Å². The van der Waals surface area contributed by atoms with Crippen LogP contribution in [0.3, 0.4) is 0 Å². The van der Waals surface area contributed by atoms with Crippen LogP contribution in [0.5, 0.6) is 0 Å². The molecule has 2 aliphatic heterocycles. The Morgan fingerprint density at radius 3 is 2.46 bits per heavy atom. The Kier molecular flexibility index (Phi) is 10.1. The van der Waals surface area contributed by atoms with Crippen molar-refractivity contribution >= 4 is 41.5 Å². The van der Waals surface area contributed by atoms with Gasteiger partial charge in [0.05, 0.1) is 12.2 Å². The van der Waals surface area contributed by atoms with E-state index in [-0.39, 0.29) is 12.4 Å². The number of halogens is 4. The summed E-state index contributed by atoms with van der Waals surface area (Å²) in [4.78, 5) is 23.2. The molecule has 5 rings (SSSR count). The van der Waals surface area contributed by atoms with Gasteiger partial charge in [0.1, 0.15) is 17.1 Å². The summed E-state index contributed by atoms with van der Waals surface area (Å²) in [5.41, 5.74) is 1.78. The van der Waals surface area contributed by atoms with Gasteiger partial charge in [0, 0.05) is 73.8 Å². The van der Waals surface area contributed by atoms with Gasteiger partial charge in [0.2, 0.25) is 0 Å². The van der Waals surface area contributed by atoms with Gasteiger partial charge in [-0.3, -0.25) is 9.58 Å². The van der Waals surface area contributed by atoms with Crippen molar-refractivity contribution in [1.82, 2.24) is 19.7 Å². The second-order valence-electron chi connectivity index (χ2n) is 11.0. The van der Waals surface area contributed by atoms with E-state index in [1.807, 2.05) is 24.4 Å². The zero-order valence-corrected chi connectivity index (χ0v) is 24.8. The Labute approximate surface area is 250 Å². The quantitative estimate of drug-likeness (QED) is 0.322. The van der Waals surface area contributed by atoms with Crippen LogP contribution in [0.4, 0.5) is 20.3 Å². The minimum Gasteiger partial charge on any atom is -0.478 e. The number of nitrogens with zero attached hydrogens (tertiary/aromatic N) is 6. The molecular formula is C29H36Cl2F2N6O2. The van der Waals surface area contributed by atoms with Crippen molar-refractivity contribution in [2.45, 2.75) is 39.2 Å². The van der Waals surface area contributed by atoms with Gasteiger partial charge in [-0.05, 0) is 43.0 Å². The molecule has 0 aliphatic carbocycles. The summed E-state index contributed by atoms with van der Waals surface area (Å²) < 4.78 is 28.9. The first-order valence-electron chi connectivity index (χ1n) is 13.8. The lowest BCUT2D eigenvalue weighted by Crippen LogP contribution is -2.47. The van der Waals surface area contributed by atoms with E-state index in [2.05, 4.69) is 45.8 Å². The third-order valence-electron chi connectivity index (χ3n) is 7.69. The van der Waals surface area contributed by atoms with Crippen LogP contribution in [0, 0.1) is 5.92 Å². The Morgan fingerprint density at radius 2 is 1.83 bits per heavy atom. The molecule has 1 N–H and O–H groups in total. The molecule has 222 valence electrons. The molecule has 3 aromatic rings. The second kappa shape index (κ2) is 13.4. The number of pyridine rings is 1. The molecule has 12 heteroatoms. The van der Waals surface area contributed by atoms with E-state index in [4.69, 9.17) is 16.6 Å². The first-order chi connectivity index (χ1) is 19.2. The van der Waals surface area contributed by atoms with E-state index in [0.717, 1.165) is 68.0 Å². The number of carbonyl (C=O) groups is 1. The number of alkyl halides is 2. The average Bonchev–Trinajstić information content (AvgIpc) is 3.40. The highest BCUT2D eigenvalue weighted by Gasteiger charge is 2.31.